The highest BCUT2D eigenvalue weighted by Crippen LogP contribution is 2.38. The molecule has 0 bridgehead atoms. The standard InChI is InChI=1S/C18H26F3NO3/c1-5-10-17(4,25-11-6-2)16(23)22-13-8-9-15(24-7-3)14(12-13)18(19,20)21/h8-9,12H,5-7,10-11H2,1-4H3,(H,22,23). The minimum atomic E-state index is -4.57. The van der Waals surface area contributed by atoms with E-state index in [1.54, 1.807) is 13.8 Å². The van der Waals surface area contributed by atoms with Gasteiger partial charge in [0.15, 0.2) is 0 Å². The molecule has 1 unspecified atom stereocenters. The third kappa shape index (κ3) is 5.92. The highest BCUT2D eigenvalue weighted by Gasteiger charge is 2.36. The fraction of sp³-hybridized carbons (Fsp3) is 0.611. The Balaban J connectivity index is 3.06. The minimum absolute atomic E-state index is 0.0585. The molecule has 0 spiro atoms. The molecule has 1 atom stereocenters. The molecule has 0 fully saturated rings. The molecule has 1 amide bonds. The summed E-state index contributed by atoms with van der Waals surface area (Å²) in [5.74, 6) is -0.716. The van der Waals surface area contributed by atoms with E-state index in [2.05, 4.69) is 5.32 Å². The van der Waals surface area contributed by atoms with Crippen LogP contribution in [0.1, 0.15) is 52.5 Å². The first-order chi connectivity index (χ1) is 11.7. The van der Waals surface area contributed by atoms with Crippen LogP contribution in [0.2, 0.25) is 0 Å². The first-order valence-electron chi connectivity index (χ1n) is 8.47. The summed E-state index contributed by atoms with van der Waals surface area (Å²) in [5, 5.41) is 2.54. The average molecular weight is 361 g/mol. The van der Waals surface area contributed by atoms with Crippen molar-refractivity contribution in [3.05, 3.63) is 23.8 Å². The number of hydrogen-bond acceptors (Lipinski definition) is 3. The third-order valence-electron chi connectivity index (χ3n) is 3.67. The predicted octanol–water partition coefficient (Wildman–Crippen LogP) is 5.03. The van der Waals surface area contributed by atoms with Gasteiger partial charge in [0.05, 0.1) is 12.2 Å². The second kappa shape index (κ2) is 9.08. The molecule has 1 rings (SSSR count). The number of carbonyl (C=O) groups excluding carboxylic acids is 1. The van der Waals surface area contributed by atoms with Gasteiger partial charge < -0.3 is 14.8 Å². The largest absolute Gasteiger partial charge is 0.493 e. The van der Waals surface area contributed by atoms with Crippen molar-refractivity contribution in [3.63, 3.8) is 0 Å². The van der Waals surface area contributed by atoms with Gasteiger partial charge in [-0.2, -0.15) is 13.2 Å². The van der Waals surface area contributed by atoms with Gasteiger partial charge in [-0.1, -0.05) is 20.3 Å². The zero-order valence-electron chi connectivity index (χ0n) is 15.1. The molecule has 0 aromatic heterocycles. The number of alkyl halides is 3. The zero-order valence-corrected chi connectivity index (χ0v) is 15.1. The number of benzene rings is 1. The van der Waals surface area contributed by atoms with Crippen molar-refractivity contribution in [3.8, 4) is 5.75 Å². The fourth-order valence-electron chi connectivity index (χ4n) is 2.43. The van der Waals surface area contributed by atoms with Crippen molar-refractivity contribution in [2.45, 2.75) is 58.7 Å². The van der Waals surface area contributed by atoms with Crippen LogP contribution in [0.3, 0.4) is 0 Å². The normalized spacial score (nSPS) is 14.0. The molecule has 142 valence electrons. The fourth-order valence-corrected chi connectivity index (χ4v) is 2.43. The molecular formula is C18H26F3NO3. The topological polar surface area (TPSA) is 47.6 Å². The van der Waals surface area contributed by atoms with Crippen molar-refractivity contribution >= 4 is 11.6 Å². The zero-order chi connectivity index (χ0) is 19.1. The monoisotopic (exact) mass is 361 g/mol. The molecule has 1 N–H and O–H groups in total. The van der Waals surface area contributed by atoms with Gasteiger partial charge in [-0.15, -0.1) is 0 Å². The van der Waals surface area contributed by atoms with Gasteiger partial charge in [0.25, 0.3) is 5.91 Å². The van der Waals surface area contributed by atoms with Crippen molar-refractivity contribution < 1.29 is 27.4 Å². The molecule has 4 nitrogen and oxygen atoms in total. The number of amides is 1. The van der Waals surface area contributed by atoms with Crippen molar-refractivity contribution in [2.75, 3.05) is 18.5 Å². The van der Waals surface area contributed by atoms with Gasteiger partial charge in [-0.05, 0) is 44.9 Å². The van der Waals surface area contributed by atoms with Crippen molar-refractivity contribution in [1.29, 1.82) is 0 Å². The Morgan fingerprint density at radius 1 is 1.16 bits per heavy atom. The van der Waals surface area contributed by atoms with Crippen molar-refractivity contribution in [1.82, 2.24) is 0 Å². The van der Waals surface area contributed by atoms with Crippen LogP contribution in [0.5, 0.6) is 5.75 Å². The maximum Gasteiger partial charge on any atom is 0.420 e. The summed E-state index contributed by atoms with van der Waals surface area (Å²) in [6.07, 6.45) is -2.64. The van der Waals surface area contributed by atoms with Gasteiger partial charge in [0.2, 0.25) is 0 Å². The molecule has 1 aromatic carbocycles. The molecule has 0 aliphatic carbocycles. The van der Waals surface area contributed by atoms with Gasteiger partial charge in [0, 0.05) is 12.3 Å². The van der Waals surface area contributed by atoms with Gasteiger partial charge in [-0.25, -0.2) is 0 Å². The molecule has 0 heterocycles. The third-order valence-corrected chi connectivity index (χ3v) is 3.67. The predicted molar refractivity (Wildman–Crippen MR) is 90.8 cm³/mol. The Morgan fingerprint density at radius 3 is 2.36 bits per heavy atom. The summed E-state index contributed by atoms with van der Waals surface area (Å²) >= 11 is 0. The van der Waals surface area contributed by atoms with Crippen LogP contribution in [-0.4, -0.2) is 24.7 Å². The van der Waals surface area contributed by atoms with Crippen LogP contribution in [0.15, 0.2) is 18.2 Å². The lowest BCUT2D eigenvalue weighted by molar-refractivity contribution is -0.141. The van der Waals surface area contributed by atoms with E-state index >= 15 is 0 Å². The van der Waals surface area contributed by atoms with E-state index in [1.165, 1.54) is 12.1 Å². The number of anilines is 1. The van der Waals surface area contributed by atoms with E-state index in [-0.39, 0.29) is 18.0 Å². The van der Waals surface area contributed by atoms with Gasteiger partial charge in [0.1, 0.15) is 11.4 Å². The number of carbonyl (C=O) groups is 1. The number of rotatable bonds is 9. The summed E-state index contributed by atoms with van der Waals surface area (Å²) in [6, 6.07) is 3.49. The number of nitrogens with one attached hydrogen (secondary N) is 1. The smallest absolute Gasteiger partial charge is 0.420 e. The van der Waals surface area contributed by atoms with E-state index in [4.69, 9.17) is 9.47 Å². The molecule has 0 saturated carbocycles. The van der Waals surface area contributed by atoms with Crippen LogP contribution >= 0.6 is 0 Å². The van der Waals surface area contributed by atoms with Gasteiger partial charge in [-0.3, -0.25) is 4.79 Å². The first kappa shape index (κ1) is 21.3. The number of halogens is 3. The number of hydrogen-bond donors (Lipinski definition) is 1. The molecular weight excluding hydrogens is 335 g/mol. The van der Waals surface area contributed by atoms with Crippen molar-refractivity contribution in [2.24, 2.45) is 0 Å². The van der Waals surface area contributed by atoms with Crippen LogP contribution in [0.4, 0.5) is 18.9 Å². The van der Waals surface area contributed by atoms with E-state index in [9.17, 15) is 18.0 Å². The maximum atomic E-state index is 13.2. The molecule has 25 heavy (non-hydrogen) atoms. The Hall–Kier alpha value is -1.76. The summed E-state index contributed by atoms with van der Waals surface area (Å²) < 4.78 is 50.3. The molecule has 0 aliphatic heterocycles. The number of ether oxygens (including phenoxy) is 2. The Bertz CT molecular complexity index is 575. The Labute approximate surface area is 146 Å². The average Bonchev–Trinajstić information content (AvgIpc) is 2.53. The maximum absolute atomic E-state index is 13.2. The summed E-state index contributed by atoms with van der Waals surface area (Å²) in [5.41, 5.74) is -1.94. The lowest BCUT2D eigenvalue weighted by Gasteiger charge is -2.28. The molecule has 7 heteroatoms. The van der Waals surface area contributed by atoms with E-state index < -0.39 is 23.2 Å². The van der Waals surface area contributed by atoms with E-state index in [0.29, 0.717) is 19.4 Å². The van der Waals surface area contributed by atoms with E-state index in [0.717, 1.165) is 12.5 Å². The Kier molecular flexibility index (Phi) is 7.73. The van der Waals surface area contributed by atoms with Crippen LogP contribution in [0, 0.1) is 0 Å². The molecule has 1 aromatic rings. The van der Waals surface area contributed by atoms with Crippen LogP contribution in [0.25, 0.3) is 0 Å². The summed E-state index contributed by atoms with van der Waals surface area (Å²) in [7, 11) is 0. The first-order valence-corrected chi connectivity index (χ1v) is 8.47. The minimum Gasteiger partial charge on any atom is -0.493 e. The van der Waals surface area contributed by atoms with E-state index in [1.807, 2.05) is 13.8 Å². The summed E-state index contributed by atoms with van der Waals surface area (Å²) in [4.78, 5) is 12.6. The SMILES string of the molecule is CCCOC(C)(CCC)C(=O)Nc1ccc(OCC)c(C(F)(F)F)c1. The van der Waals surface area contributed by atoms with Crippen LogP contribution in [-0.2, 0) is 15.7 Å². The highest BCUT2D eigenvalue weighted by molar-refractivity contribution is 5.97. The molecule has 0 saturated heterocycles. The van der Waals surface area contributed by atoms with Gasteiger partial charge >= 0.3 is 6.18 Å². The molecule has 0 radical (unpaired) electrons. The second-order valence-electron chi connectivity index (χ2n) is 5.93. The lowest BCUT2D eigenvalue weighted by atomic mass is 9.98. The lowest BCUT2D eigenvalue weighted by Crippen LogP contribution is -2.43. The van der Waals surface area contributed by atoms with Crippen LogP contribution < -0.4 is 10.1 Å². The Morgan fingerprint density at radius 2 is 1.84 bits per heavy atom. The quantitative estimate of drug-likeness (QED) is 0.671. The molecule has 0 aliphatic rings. The summed E-state index contributed by atoms with van der Waals surface area (Å²) in [6.45, 7) is 7.62. The second-order valence-corrected chi connectivity index (χ2v) is 5.93. The highest BCUT2D eigenvalue weighted by atomic mass is 19.4.